The largest absolute Gasteiger partial charge is 0.321 e. The van der Waals surface area contributed by atoms with Gasteiger partial charge in [-0.25, -0.2) is 9.13 Å². The average Bonchev–Trinajstić information content (AvgIpc) is 2.77. The van der Waals surface area contributed by atoms with Gasteiger partial charge in [-0.15, -0.1) is 0 Å². The number of benzodiazepines with no additional fused rings is 1. The van der Waals surface area contributed by atoms with E-state index in [1.165, 1.54) is 0 Å². The zero-order valence-corrected chi connectivity index (χ0v) is 16.8. The molecule has 7 heteroatoms. The topological polar surface area (TPSA) is 66.8 Å². The smallest absolute Gasteiger partial charge is 0.310 e. The summed E-state index contributed by atoms with van der Waals surface area (Å²) in [6.45, 7) is 3.62. The zero-order valence-electron chi connectivity index (χ0n) is 15.2. The number of hydrogen-bond acceptors (Lipinski definition) is 4. The molecule has 1 heterocycles. The monoisotopic (exact) mass is 402 g/mol. The Morgan fingerprint density at radius 1 is 1.15 bits per heavy atom. The van der Waals surface area contributed by atoms with E-state index >= 15 is 0 Å². The summed E-state index contributed by atoms with van der Waals surface area (Å²) in [5.74, 6) is -0.165. The molecule has 27 heavy (non-hydrogen) atoms. The Labute approximate surface area is 163 Å². The van der Waals surface area contributed by atoms with Gasteiger partial charge in [0, 0.05) is 22.7 Å². The van der Waals surface area contributed by atoms with E-state index in [9.17, 15) is 13.9 Å². The molecule has 0 atom stereocenters. The number of halogens is 1. The van der Waals surface area contributed by atoms with Crippen molar-refractivity contribution in [3.05, 3.63) is 64.7 Å². The molecular weight excluding hydrogens is 383 g/mol. The van der Waals surface area contributed by atoms with E-state index in [1.54, 1.807) is 36.9 Å². The lowest BCUT2D eigenvalue weighted by molar-refractivity contribution is -0.117. The van der Waals surface area contributed by atoms with E-state index < -0.39 is 12.8 Å². The van der Waals surface area contributed by atoms with Crippen LogP contribution in [0.3, 0.4) is 0 Å². The molecule has 0 spiro atoms. The number of anilines is 1. The summed E-state index contributed by atoms with van der Waals surface area (Å²) in [5.41, 5.74) is 3.07. The van der Waals surface area contributed by atoms with Gasteiger partial charge in [0.2, 0.25) is 5.91 Å². The molecule has 140 valence electrons. The van der Waals surface area contributed by atoms with Crippen LogP contribution in [0, 0.1) is 0 Å². The van der Waals surface area contributed by atoms with Crippen LogP contribution in [0.1, 0.15) is 31.4 Å². The molecule has 0 fully saturated rings. The summed E-state index contributed by atoms with van der Waals surface area (Å²) in [5, 5.41) is -0.341. The standard InChI is InChI=1S/C20H20ClN2O3P/c1-20(2,27(25)26)10-11-23-17-9-8-15(21)12-16(17)19(22-13-18(23)24)14-6-4-3-5-7-14/h3-9,12H,10-11,13H2,1-2H3. The predicted molar refractivity (Wildman–Crippen MR) is 108 cm³/mol. The third kappa shape index (κ3) is 4.20. The number of carbonyl (C=O) groups excluding carboxylic acids is 1. The summed E-state index contributed by atoms with van der Waals surface area (Å²) in [4.78, 5) is 18.9. The van der Waals surface area contributed by atoms with Crippen LogP contribution in [0.5, 0.6) is 0 Å². The molecule has 2 aromatic rings. The van der Waals surface area contributed by atoms with E-state index in [1.807, 2.05) is 30.3 Å². The van der Waals surface area contributed by atoms with Crippen LogP contribution >= 0.6 is 19.3 Å². The van der Waals surface area contributed by atoms with Crippen molar-refractivity contribution in [1.82, 2.24) is 0 Å². The van der Waals surface area contributed by atoms with Gasteiger partial charge in [0.05, 0.1) is 16.6 Å². The molecule has 2 aromatic carbocycles. The number of amides is 1. The minimum atomic E-state index is -2.60. The lowest BCUT2D eigenvalue weighted by atomic mass is 10.00. The molecule has 1 aliphatic heterocycles. The summed E-state index contributed by atoms with van der Waals surface area (Å²) < 4.78 is 22.9. The van der Waals surface area contributed by atoms with Gasteiger partial charge in [-0.2, -0.15) is 0 Å². The maximum absolute atomic E-state index is 12.8. The van der Waals surface area contributed by atoms with E-state index in [0.29, 0.717) is 29.4 Å². The zero-order chi connectivity index (χ0) is 19.6. The fraction of sp³-hybridized carbons (Fsp3) is 0.300. The molecule has 1 aliphatic rings. The van der Waals surface area contributed by atoms with Crippen molar-refractivity contribution in [2.24, 2.45) is 4.99 Å². The number of rotatable bonds is 5. The van der Waals surface area contributed by atoms with Crippen LogP contribution in [0.2, 0.25) is 5.02 Å². The Morgan fingerprint density at radius 2 is 1.85 bits per heavy atom. The summed E-state index contributed by atoms with van der Waals surface area (Å²) in [6.07, 6.45) is 0.334. The van der Waals surface area contributed by atoms with Gasteiger partial charge in [-0.3, -0.25) is 9.79 Å². The Bertz CT molecular complexity index is 960. The van der Waals surface area contributed by atoms with Gasteiger partial charge in [-0.1, -0.05) is 41.9 Å². The van der Waals surface area contributed by atoms with Crippen LogP contribution in [-0.4, -0.2) is 29.9 Å². The number of aliphatic imine (C=N–C) groups is 1. The van der Waals surface area contributed by atoms with Crippen molar-refractivity contribution in [1.29, 1.82) is 0 Å². The number of nitrogens with zero attached hydrogens (tertiary/aromatic N) is 2. The third-order valence-electron chi connectivity index (χ3n) is 4.67. The lowest BCUT2D eigenvalue weighted by Gasteiger charge is -2.26. The number of hydrogen-bond donors (Lipinski definition) is 0. The van der Waals surface area contributed by atoms with E-state index in [-0.39, 0.29) is 12.5 Å². The fourth-order valence-corrected chi connectivity index (χ4v) is 3.40. The van der Waals surface area contributed by atoms with Crippen LogP contribution in [0.25, 0.3) is 0 Å². The van der Waals surface area contributed by atoms with Gasteiger partial charge < -0.3 is 4.90 Å². The van der Waals surface area contributed by atoms with Crippen molar-refractivity contribution >= 4 is 36.6 Å². The van der Waals surface area contributed by atoms with Gasteiger partial charge in [0.1, 0.15) is 6.54 Å². The van der Waals surface area contributed by atoms with Gasteiger partial charge >= 0.3 is 7.68 Å². The first kappa shape index (κ1) is 19.5. The quantitative estimate of drug-likeness (QED) is 0.670. The molecule has 1 amide bonds. The van der Waals surface area contributed by atoms with Crippen LogP contribution < -0.4 is 4.90 Å². The number of carbonyl (C=O) groups is 1. The maximum atomic E-state index is 12.8. The summed E-state index contributed by atoms with van der Waals surface area (Å²) in [6, 6.07) is 15.0. The molecule has 5 nitrogen and oxygen atoms in total. The van der Waals surface area contributed by atoms with Gasteiger partial charge in [-0.05, 0) is 38.5 Å². The van der Waals surface area contributed by atoms with Crippen molar-refractivity contribution in [3.63, 3.8) is 0 Å². The Balaban J connectivity index is 2.04. The molecule has 0 saturated carbocycles. The van der Waals surface area contributed by atoms with E-state index in [0.717, 1.165) is 11.1 Å². The second kappa shape index (κ2) is 7.79. The SMILES string of the molecule is CC(C)(CCN1C(=O)CN=C(c2ccccc2)c2cc(Cl)ccc21)P(=O)=O. The van der Waals surface area contributed by atoms with Gasteiger partial charge in [0.15, 0.2) is 0 Å². The number of fused-ring (bicyclic) bond motifs is 1. The first-order valence-electron chi connectivity index (χ1n) is 8.64. The van der Waals surface area contributed by atoms with Crippen molar-refractivity contribution in [3.8, 4) is 0 Å². The normalized spacial score (nSPS) is 14.4. The van der Waals surface area contributed by atoms with Crippen molar-refractivity contribution < 1.29 is 13.9 Å². The van der Waals surface area contributed by atoms with Crippen LogP contribution in [0.4, 0.5) is 5.69 Å². The predicted octanol–water partition coefficient (Wildman–Crippen LogP) is 4.87. The molecule has 0 aromatic heterocycles. The average molecular weight is 403 g/mol. The maximum Gasteiger partial charge on any atom is 0.321 e. The highest BCUT2D eigenvalue weighted by molar-refractivity contribution is 7.32. The summed E-state index contributed by atoms with van der Waals surface area (Å²) >= 11 is 6.22. The molecule has 0 unspecified atom stereocenters. The first-order chi connectivity index (χ1) is 12.8. The molecule has 0 saturated heterocycles. The fourth-order valence-electron chi connectivity index (χ4n) is 2.95. The molecular formula is C20H20ClN2O3P. The third-order valence-corrected chi connectivity index (χ3v) is 6.11. The number of benzene rings is 2. The highest BCUT2D eigenvalue weighted by Crippen LogP contribution is 2.34. The second-order valence-electron chi connectivity index (χ2n) is 7.06. The van der Waals surface area contributed by atoms with Crippen molar-refractivity contribution in [2.75, 3.05) is 18.0 Å². The molecule has 0 bridgehead atoms. The second-order valence-corrected chi connectivity index (χ2v) is 9.22. The minimum Gasteiger partial charge on any atom is -0.310 e. The first-order valence-corrected chi connectivity index (χ1v) is 10.2. The van der Waals surface area contributed by atoms with Gasteiger partial charge in [0.25, 0.3) is 0 Å². The Kier molecular flexibility index (Phi) is 5.64. The Hall–Kier alpha value is -2.23. The van der Waals surface area contributed by atoms with Crippen LogP contribution in [0.15, 0.2) is 53.5 Å². The molecule has 3 rings (SSSR count). The minimum absolute atomic E-state index is 0.000463. The lowest BCUT2D eigenvalue weighted by Crippen LogP contribution is -2.36. The molecule has 0 aliphatic carbocycles. The van der Waals surface area contributed by atoms with Crippen molar-refractivity contribution in [2.45, 2.75) is 25.4 Å². The molecule has 0 N–H and O–H groups in total. The van der Waals surface area contributed by atoms with E-state index in [2.05, 4.69) is 4.99 Å². The highest BCUT2D eigenvalue weighted by atomic mass is 35.5. The molecule has 0 radical (unpaired) electrons. The summed E-state index contributed by atoms with van der Waals surface area (Å²) in [7, 11) is -2.60. The van der Waals surface area contributed by atoms with Crippen LogP contribution in [-0.2, 0) is 13.9 Å². The van der Waals surface area contributed by atoms with E-state index in [4.69, 9.17) is 11.6 Å². The Morgan fingerprint density at radius 3 is 2.52 bits per heavy atom. The highest BCUT2D eigenvalue weighted by Gasteiger charge is 2.30.